The lowest BCUT2D eigenvalue weighted by molar-refractivity contribution is 0.424. The summed E-state index contributed by atoms with van der Waals surface area (Å²) < 4.78 is 24.7. The summed E-state index contributed by atoms with van der Waals surface area (Å²) in [5, 5.41) is 0. The second-order valence-corrected chi connectivity index (χ2v) is 3.04. The third-order valence-electron chi connectivity index (χ3n) is 1.38. The van der Waals surface area contributed by atoms with E-state index in [4.69, 9.17) is 0 Å². The monoisotopic (exact) mass is 233 g/mol. The number of hydrogen-bond acceptors (Lipinski definition) is 1. The molecule has 0 aliphatic carbocycles. The molecule has 1 aromatic heterocycles. The van der Waals surface area contributed by atoms with Crippen LogP contribution in [0.3, 0.4) is 0 Å². The number of aromatic nitrogens is 1. The first-order chi connectivity index (χ1) is 5.61. The quantitative estimate of drug-likeness (QED) is 0.678. The molecule has 0 fully saturated rings. The molecule has 1 heterocycles. The molecule has 0 spiro atoms. The molecule has 0 aliphatic heterocycles. The Morgan fingerprint density at radius 2 is 2.08 bits per heavy atom. The van der Waals surface area contributed by atoms with Gasteiger partial charge in [-0.15, -0.1) is 0 Å². The maximum Gasteiger partial charge on any atom is 0.275 e. The molecule has 0 atom stereocenters. The molecule has 12 heavy (non-hydrogen) atoms. The molecule has 0 aliphatic rings. The van der Waals surface area contributed by atoms with Crippen LogP contribution >= 0.6 is 15.9 Å². The first-order valence-electron chi connectivity index (χ1n) is 3.26. The third-order valence-corrected chi connectivity index (χ3v) is 1.82. The fourth-order valence-corrected chi connectivity index (χ4v) is 1.06. The second-order valence-electron chi connectivity index (χ2n) is 2.23. The molecule has 0 aromatic carbocycles. The van der Waals surface area contributed by atoms with Crippen molar-refractivity contribution in [3.05, 3.63) is 34.6 Å². The van der Waals surface area contributed by atoms with Gasteiger partial charge in [-0.3, -0.25) is 0 Å². The number of rotatable bonds is 1. The van der Waals surface area contributed by atoms with Crippen molar-refractivity contribution in [2.75, 3.05) is 0 Å². The summed E-state index contributed by atoms with van der Waals surface area (Å²) in [6.07, 6.45) is -1.69. The molecule has 0 amide bonds. The Hall–Kier alpha value is -0.770. The zero-order chi connectivity index (χ0) is 9.14. The van der Waals surface area contributed by atoms with Crippen LogP contribution in [0.15, 0.2) is 28.9 Å². The van der Waals surface area contributed by atoms with Crippen molar-refractivity contribution in [3.8, 4) is 0 Å². The topological polar surface area (TPSA) is 12.9 Å². The van der Waals surface area contributed by atoms with Crippen LogP contribution in [-0.2, 0) is 0 Å². The smallest absolute Gasteiger partial charge is 0.241 e. The van der Waals surface area contributed by atoms with Crippen LogP contribution in [0.2, 0.25) is 0 Å². The molecule has 0 unspecified atom stereocenters. The molecule has 0 N–H and O–H groups in total. The summed E-state index contributed by atoms with van der Waals surface area (Å²) in [6.45, 7) is 1.34. The fraction of sp³-hybridized carbons (Fsp3) is 0.125. The summed E-state index contributed by atoms with van der Waals surface area (Å²) >= 11 is 3.10. The lowest BCUT2D eigenvalue weighted by Gasteiger charge is -1.98. The van der Waals surface area contributed by atoms with E-state index in [-0.39, 0.29) is 5.57 Å². The summed E-state index contributed by atoms with van der Waals surface area (Å²) in [5.74, 6) is 0. The molecule has 64 valence electrons. The van der Waals surface area contributed by atoms with E-state index in [1.54, 1.807) is 18.2 Å². The van der Waals surface area contributed by atoms with Gasteiger partial charge in [-0.25, -0.2) is 4.98 Å². The van der Waals surface area contributed by atoms with Crippen molar-refractivity contribution in [2.45, 2.75) is 6.92 Å². The Balaban J connectivity index is 3.13. The van der Waals surface area contributed by atoms with Crippen molar-refractivity contribution in [2.24, 2.45) is 0 Å². The van der Waals surface area contributed by atoms with E-state index in [0.29, 0.717) is 10.3 Å². The van der Waals surface area contributed by atoms with Crippen molar-refractivity contribution in [3.63, 3.8) is 0 Å². The number of allylic oxidation sites excluding steroid dienone is 1. The predicted molar refractivity (Wildman–Crippen MR) is 46.7 cm³/mol. The molecule has 4 heteroatoms. The number of halogens is 3. The number of pyridine rings is 1. The fourth-order valence-electron chi connectivity index (χ4n) is 0.714. The van der Waals surface area contributed by atoms with Crippen LogP contribution in [0.5, 0.6) is 0 Å². The van der Waals surface area contributed by atoms with E-state index < -0.39 is 6.08 Å². The largest absolute Gasteiger partial charge is 0.275 e. The molecule has 0 saturated heterocycles. The van der Waals surface area contributed by atoms with E-state index in [9.17, 15) is 8.78 Å². The Morgan fingerprint density at radius 1 is 1.42 bits per heavy atom. The van der Waals surface area contributed by atoms with Gasteiger partial charge in [0.25, 0.3) is 6.08 Å². The summed E-state index contributed by atoms with van der Waals surface area (Å²) in [5.41, 5.74) is 0.209. The molecule has 1 rings (SSSR count). The van der Waals surface area contributed by atoms with Gasteiger partial charge in [0.2, 0.25) is 0 Å². The van der Waals surface area contributed by atoms with Crippen LogP contribution in [0.25, 0.3) is 5.57 Å². The van der Waals surface area contributed by atoms with E-state index in [1.807, 2.05) is 0 Å². The van der Waals surface area contributed by atoms with Crippen LogP contribution < -0.4 is 0 Å². The van der Waals surface area contributed by atoms with Gasteiger partial charge in [0.15, 0.2) is 0 Å². The SMILES string of the molecule is CC(=C(F)F)c1cccc(Br)n1. The zero-order valence-corrected chi connectivity index (χ0v) is 7.90. The molecule has 0 saturated carbocycles. The lowest BCUT2D eigenvalue weighted by atomic mass is 10.2. The maximum absolute atomic E-state index is 12.1. The van der Waals surface area contributed by atoms with Gasteiger partial charge in [0.1, 0.15) is 4.60 Å². The van der Waals surface area contributed by atoms with E-state index in [2.05, 4.69) is 20.9 Å². The number of hydrogen-bond donors (Lipinski definition) is 0. The van der Waals surface area contributed by atoms with Gasteiger partial charge in [0, 0.05) is 5.57 Å². The highest BCUT2D eigenvalue weighted by atomic mass is 79.9. The zero-order valence-electron chi connectivity index (χ0n) is 6.31. The van der Waals surface area contributed by atoms with Gasteiger partial charge >= 0.3 is 0 Å². The van der Waals surface area contributed by atoms with Crippen LogP contribution in [-0.4, -0.2) is 4.98 Å². The normalized spacial score (nSPS) is 9.67. The van der Waals surface area contributed by atoms with Crippen molar-refractivity contribution >= 4 is 21.5 Å². The van der Waals surface area contributed by atoms with E-state index in [0.717, 1.165) is 0 Å². The molecular weight excluding hydrogens is 228 g/mol. The lowest BCUT2D eigenvalue weighted by Crippen LogP contribution is -1.86. The molecule has 0 bridgehead atoms. The Morgan fingerprint density at radius 3 is 2.58 bits per heavy atom. The van der Waals surface area contributed by atoms with Crippen molar-refractivity contribution in [1.82, 2.24) is 4.98 Å². The highest BCUT2D eigenvalue weighted by Crippen LogP contribution is 2.19. The second kappa shape index (κ2) is 3.76. The minimum atomic E-state index is -1.69. The Labute approximate surface area is 77.3 Å². The molecular formula is C8H6BrF2N. The van der Waals surface area contributed by atoms with Crippen LogP contribution in [0.1, 0.15) is 12.6 Å². The van der Waals surface area contributed by atoms with Gasteiger partial charge in [0.05, 0.1) is 5.69 Å². The van der Waals surface area contributed by atoms with Gasteiger partial charge < -0.3 is 0 Å². The Kier molecular flexibility index (Phi) is 2.92. The Bertz CT molecular complexity index is 319. The van der Waals surface area contributed by atoms with Crippen LogP contribution in [0.4, 0.5) is 8.78 Å². The minimum absolute atomic E-state index is 0.0868. The first kappa shape index (κ1) is 9.32. The first-order valence-corrected chi connectivity index (χ1v) is 4.05. The highest BCUT2D eigenvalue weighted by molar-refractivity contribution is 9.10. The average molecular weight is 234 g/mol. The highest BCUT2D eigenvalue weighted by Gasteiger charge is 2.04. The van der Waals surface area contributed by atoms with Crippen LogP contribution in [0, 0.1) is 0 Å². The van der Waals surface area contributed by atoms with Gasteiger partial charge in [-0.05, 0) is 35.0 Å². The maximum atomic E-state index is 12.1. The van der Waals surface area contributed by atoms with E-state index >= 15 is 0 Å². The van der Waals surface area contributed by atoms with Crippen molar-refractivity contribution < 1.29 is 8.78 Å². The predicted octanol–water partition coefficient (Wildman–Crippen LogP) is 3.47. The van der Waals surface area contributed by atoms with Gasteiger partial charge in [-0.2, -0.15) is 8.78 Å². The minimum Gasteiger partial charge on any atom is -0.241 e. The van der Waals surface area contributed by atoms with E-state index in [1.165, 1.54) is 6.92 Å². The van der Waals surface area contributed by atoms with Gasteiger partial charge in [-0.1, -0.05) is 6.07 Å². The van der Waals surface area contributed by atoms with Crippen molar-refractivity contribution in [1.29, 1.82) is 0 Å². The molecule has 1 aromatic rings. The summed E-state index contributed by atoms with van der Waals surface area (Å²) in [6, 6.07) is 4.89. The molecule has 1 nitrogen and oxygen atoms in total. The summed E-state index contributed by atoms with van der Waals surface area (Å²) in [4.78, 5) is 3.87. The summed E-state index contributed by atoms with van der Waals surface area (Å²) in [7, 11) is 0. The third kappa shape index (κ3) is 2.11. The average Bonchev–Trinajstić information content (AvgIpc) is 2.03. The molecule has 0 radical (unpaired) electrons. The number of nitrogens with zero attached hydrogens (tertiary/aromatic N) is 1. The standard InChI is InChI=1S/C8H6BrF2N/c1-5(8(10)11)6-3-2-4-7(9)12-6/h2-4H,1H3.